The molecule has 0 atom stereocenters. The van der Waals surface area contributed by atoms with Gasteiger partial charge in [0.15, 0.2) is 11.6 Å². The van der Waals surface area contributed by atoms with Gasteiger partial charge in [-0.3, -0.25) is 4.79 Å². The first-order valence-electron chi connectivity index (χ1n) is 7.43. The van der Waals surface area contributed by atoms with Crippen molar-refractivity contribution in [1.29, 1.82) is 0 Å². The van der Waals surface area contributed by atoms with Gasteiger partial charge in [-0.15, -0.1) is 0 Å². The van der Waals surface area contributed by atoms with E-state index < -0.39 is 35.6 Å². The highest BCUT2D eigenvalue weighted by atomic mass is 19.2. The van der Waals surface area contributed by atoms with Gasteiger partial charge in [0.1, 0.15) is 12.4 Å². The first-order valence-corrected chi connectivity index (χ1v) is 7.43. The molecule has 0 bridgehead atoms. The number of nitrogens with zero attached hydrogens (tertiary/aromatic N) is 4. The van der Waals surface area contributed by atoms with Crippen LogP contribution in [0, 0.1) is 17.5 Å². The van der Waals surface area contributed by atoms with Gasteiger partial charge in [0.2, 0.25) is 5.91 Å². The Morgan fingerprint density at radius 2 is 1.73 bits per heavy atom. The standard InChI is InChI=1S/C16H12F3N5O2/c17-11-2-4-12(5-3-11)24-16(26)23(21-22-24)9-15(25)20-8-10-1-6-13(18)14(19)7-10/h1-7H,8-9H2,(H,20,25). The first kappa shape index (κ1) is 17.4. The first-order chi connectivity index (χ1) is 12.4. The Kier molecular flexibility index (Phi) is 4.83. The van der Waals surface area contributed by atoms with Crippen molar-refractivity contribution in [3.8, 4) is 5.69 Å². The van der Waals surface area contributed by atoms with Crippen LogP contribution in [-0.4, -0.2) is 25.7 Å². The third-order valence-electron chi connectivity index (χ3n) is 3.48. The largest absolute Gasteiger partial charge is 0.368 e. The predicted octanol–water partition coefficient (Wildman–Crippen LogP) is 1.16. The highest BCUT2D eigenvalue weighted by molar-refractivity contribution is 5.75. The molecule has 134 valence electrons. The van der Waals surface area contributed by atoms with Crippen LogP contribution in [0.15, 0.2) is 47.3 Å². The van der Waals surface area contributed by atoms with E-state index in [1.54, 1.807) is 0 Å². The normalized spacial score (nSPS) is 10.7. The van der Waals surface area contributed by atoms with Crippen molar-refractivity contribution in [2.24, 2.45) is 0 Å². The van der Waals surface area contributed by atoms with Crippen LogP contribution >= 0.6 is 0 Å². The zero-order valence-electron chi connectivity index (χ0n) is 13.2. The molecule has 0 radical (unpaired) electrons. The maximum absolute atomic E-state index is 13.1. The molecular formula is C16H12F3N5O2. The lowest BCUT2D eigenvalue weighted by Crippen LogP contribution is -2.33. The molecule has 3 aromatic rings. The SMILES string of the molecule is O=C(Cn1nnn(-c2ccc(F)cc2)c1=O)NCc1ccc(F)c(F)c1. The number of carbonyl (C=O) groups is 1. The Hall–Kier alpha value is -3.43. The lowest BCUT2D eigenvalue weighted by atomic mass is 10.2. The van der Waals surface area contributed by atoms with Crippen LogP contribution < -0.4 is 11.0 Å². The number of halogens is 3. The van der Waals surface area contributed by atoms with E-state index in [9.17, 15) is 22.8 Å². The van der Waals surface area contributed by atoms with Gasteiger partial charge in [-0.05, 0) is 52.4 Å². The maximum atomic E-state index is 13.1. The monoisotopic (exact) mass is 363 g/mol. The molecule has 3 rings (SSSR count). The minimum atomic E-state index is -1.02. The summed E-state index contributed by atoms with van der Waals surface area (Å²) in [7, 11) is 0. The van der Waals surface area contributed by atoms with Gasteiger partial charge in [-0.1, -0.05) is 6.07 Å². The third kappa shape index (κ3) is 3.79. The van der Waals surface area contributed by atoms with Crippen LogP contribution in [0.1, 0.15) is 5.56 Å². The second-order valence-corrected chi connectivity index (χ2v) is 5.33. The van der Waals surface area contributed by atoms with E-state index in [4.69, 9.17) is 0 Å². The quantitative estimate of drug-likeness (QED) is 0.738. The number of amides is 1. The number of hydrogen-bond donors (Lipinski definition) is 1. The van der Waals surface area contributed by atoms with Gasteiger partial charge in [-0.25, -0.2) is 18.0 Å². The van der Waals surface area contributed by atoms with E-state index in [1.165, 1.54) is 18.2 Å². The average molecular weight is 363 g/mol. The summed E-state index contributed by atoms with van der Waals surface area (Å²) in [5, 5.41) is 9.68. The topological polar surface area (TPSA) is 81.8 Å². The van der Waals surface area contributed by atoms with Gasteiger partial charge in [0.25, 0.3) is 0 Å². The number of nitrogens with one attached hydrogen (secondary N) is 1. The number of rotatable bonds is 5. The van der Waals surface area contributed by atoms with Crippen LogP contribution in [-0.2, 0) is 17.9 Å². The number of benzene rings is 2. The summed E-state index contributed by atoms with van der Waals surface area (Å²) < 4.78 is 40.6. The van der Waals surface area contributed by atoms with Crippen molar-refractivity contribution in [1.82, 2.24) is 25.1 Å². The molecule has 0 aliphatic carbocycles. The van der Waals surface area contributed by atoms with Crippen molar-refractivity contribution >= 4 is 5.91 Å². The van der Waals surface area contributed by atoms with Crippen LogP contribution in [0.4, 0.5) is 13.2 Å². The molecular weight excluding hydrogens is 351 g/mol. The summed E-state index contributed by atoms with van der Waals surface area (Å²) >= 11 is 0. The second kappa shape index (κ2) is 7.21. The Morgan fingerprint density at radius 1 is 1.00 bits per heavy atom. The summed E-state index contributed by atoms with van der Waals surface area (Å²) in [4.78, 5) is 24.1. The molecule has 1 N–H and O–H groups in total. The minimum Gasteiger partial charge on any atom is -0.350 e. The van der Waals surface area contributed by atoms with E-state index in [-0.39, 0.29) is 6.54 Å². The highest BCUT2D eigenvalue weighted by Crippen LogP contribution is 2.08. The molecule has 0 unspecified atom stereocenters. The second-order valence-electron chi connectivity index (χ2n) is 5.33. The number of aromatic nitrogens is 4. The summed E-state index contributed by atoms with van der Waals surface area (Å²) in [6.45, 7) is -0.458. The molecule has 0 saturated carbocycles. The van der Waals surface area contributed by atoms with E-state index in [2.05, 4.69) is 15.7 Å². The highest BCUT2D eigenvalue weighted by Gasteiger charge is 2.12. The molecule has 1 amide bonds. The number of tetrazole rings is 1. The molecule has 0 saturated heterocycles. The molecule has 2 aromatic carbocycles. The Bertz CT molecular complexity index is 998. The van der Waals surface area contributed by atoms with Crippen molar-refractivity contribution in [3.05, 3.63) is 76.0 Å². The fraction of sp³-hybridized carbons (Fsp3) is 0.125. The zero-order valence-corrected chi connectivity index (χ0v) is 13.2. The smallest absolute Gasteiger partial charge is 0.350 e. The van der Waals surface area contributed by atoms with E-state index >= 15 is 0 Å². The Balaban J connectivity index is 1.65. The summed E-state index contributed by atoms with van der Waals surface area (Å²) in [6, 6.07) is 8.26. The lowest BCUT2D eigenvalue weighted by Gasteiger charge is -2.05. The molecule has 1 heterocycles. The van der Waals surface area contributed by atoms with E-state index in [0.29, 0.717) is 11.3 Å². The fourth-order valence-corrected chi connectivity index (χ4v) is 2.16. The van der Waals surface area contributed by atoms with E-state index in [0.717, 1.165) is 33.6 Å². The van der Waals surface area contributed by atoms with Crippen molar-refractivity contribution in [2.45, 2.75) is 13.1 Å². The van der Waals surface area contributed by atoms with Gasteiger partial charge in [-0.2, -0.15) is 9.36 Å². The van der Waals surface area contributed by atoms with Gasteiger partial charge in [0.05, 0.1) is 5.69 Å². The van der Waals surface area contributed by atoms with Crippen LogP contribution in [0.2, 0.25) is 0 Å². The van der Waals surface area contributed by atoms with Gasteiger partial charge < -0.3 is 5.32 Å². The predicted molar refractivity (Wildman–Crippen MR) is 83.8 cm³/mol. The molecule has 10 heteroatoms. The third-order valence-corrected chi connectivity index (χ3v) is 3.48. The van der Waals surface area contributed by atoms with Gasteiger partial charge >= 0.3 is 5.69 Å². The summed E-state index contributed by atoms with van der Waals surface area (Å²) in [5.41, 5.74) is -0.0241. The van der Waals surface area contributed by atoms with Crippen molar-refractivity contribution < 1.29 is 18.0 Å². The zero-order chi connectivity index (χ0) is 18.7. The molecule has 1 aromatic heterocycles. The van der Waals surface area contributed by atoms with E-state index in [1.807, 2.05) is 0 Å². The summed E-state index contributed by atoms with van der Waals surface area (Å²) in [5.74, 6) is -3.03. The maximum Gasteiger partial charge on any atom is 0.368 e. The molecule has 26 heavy (non-hydrogen) atoms. The molecule has 7 nitrogen and oxygen atoms in total. The lowest BCUT2D eigenvalue weighted by molar-refractivity contribution is -0.122. The molecule has 0 aliphatic heterocycles. The van der Waals surface area contributed by atoms with Crippen molar-refractivity contribution in [3.63, 3.8) is 0 Å². The minimum absolute atomic E-state index is 0.0448. The van der Waals surface area contributed by atoms with Crippen LogP contribution in [0.25, 0.3) is 5.69 Å². The average Bonchev–Trinajstić information content (AvgIpc) is 2.97. The summed E-state index contributed by atoms with van der Waals surface area (Å²) in [6.07, 6.45) is 0. The van der Waals surface area contributed by atoms with Crippen molar-refractivity contribution in [2.75, 3.05) is 0 Å². The van der Waals surface area contributed by atoms with Crippen LogP contribution in [0.3, 0.4) is 0 Å². The van der Waals surface area contributed by atoms with Gasteiger partial charge in [0, 0.05) is 6.54 Å². The fourth-order valence-electron chi connectivity index (χ4n) is 2.16. The Morgan fingerprint density at radius 3 is 2.42 bits per heavy atom. The number of carbonyl (C=O) groups excluding carboxylic acids is 1. The molecule has 0 spiro atoms. The number of hydrogen-bond acceptors (Lipinski definition) is 4. The molecule has 0 fully saturated rings. The van der Waals surface area contributed by atoms with Crippen LogP contribution in [0.5, 0.6) is 0 Å². The molecule has 0 aliphatic rings. The Labute approximate surface area is 144 Å².